The Balaban J connectivity index is 0. The molecule has 4 N–H and O–H groups in total. The third-order valence-electron chi connectivity index (χ3n) is 3.90. The molecule has 0 saturated heterocycles. The van der Waals surface area contributed by atoms with Crippen LogP contribution in [0.5, 0.6) is 0 Å². The fraction of sp³-hybridized carbons (Fsp3) is 0.850. The molecule has 0 rings (SSSR count). The van der Waals surface area contributed by atoms with Gasteiger partial charge in [0.1, 0.15) is 0 Å². The van der Waals surface area contributed by atoms with E-state index >= 15 is 0 Å². The Morgan fingerprint density at radius 1 is 0.769 bits per heavy atom. The van der Waals surface area contributed by atoms with Crippen molar-refractivity contribution in [2.75, 3.05) is 39.5 Å². The van der Waals surface area contributed by atoms with Crippen LogP contribution in [0.1, 0.15) is 71.1 Å². The first kappa shape index (κ1) is 27.3. The number of aliphatic carboxylic acids is 1. The van der Waals surface area contributed by atoms with Gasteiger partial charge in [-0.1, -0.05) is 51.2 Å². The van der Waals surface area contributed by atoms with Gasteiger partial charge in [0.05, 0.1) is 19.8 Å². The minimum Gasteiger partial charge on any atom is -0.481 e. The van der Waals surface area contributed by atoms with Crippen molar-refractivity contribution < 1.29 is 25.2 Å². The lowest BCUT2D eigenvalue weighted by Crippen LogP contribution is -2.32. The van der Waals surface area contributed by atoms with E-state index in [-0.39, 0.29) is 19.8 Å². The molecule has 0 aliphatic heterocycles. The minimum atomic E-state index is -0.668. The second kappa shape index (κ2) is 24.1. The number of carboxylic acids is 1. The number of carbonyl (C=O) groups is 1. The van der Waals surface area contributed by atoms with Crippen molar-refractivity contribution in [2.45, 2.75) is 71.1 Å². The summed E-state index contributed by atoms with van der Waals surface area (Å²) in [5.74, 6) is -0.668. The van der Waals surface area contributed by atoms with E-state index in [2.05, 4.69) is 19.1 Å². The quantitative estimate of drug-likeness (QED) is 0.230. The summed E-state index contributed by atoms with van der Waals surface area (Å²) in [6.45, 7) is 3.97. The normalized spacial score (nSPS) is 11.0. The van der Waals surface area contributed by atoms with Gasteiger partial charge in [-0.05, 0) is 25.7 Å². The molecule has 156 valence electrons. The molecule has 0 aromatic carbocycles. The van der Waals surface area contributed by atoms with E-state index in [1.807, 2.05) is 0 Å². The third-order valence-corrected chi connectivity index (χ3v) is 3.90. The maximum Gasteiger partial charge on any atom is 0.303 e. The fourth-order valence-corrected chi connectivity index (χ4v) is 2.39. The summed E-state index contributed by atoms with van der Waals surface area (Å²) < 4.78 is 0. The van der Waals surface area contributed by atoms with Crippen LogP contribution >= 0.6 is 0 Å². The van der Waals surface area contributed by atoms with E-state index in [0.29, 0.717) is 26.1 Å². The van der Waals surface area contributed by atoms with E-state index < -0.39 is 5.97 Å². The smallest absolute Gasteiger partial charge is 0.303 e. The molecule has 0 aromatic heterocycles. The van der Waals surface area contributed by atoms with Gasteiger partial charge in [0.25, 0.3) is 0 Å². The van der Waals surface area contributed by atoms with E-state index in [9.17, 15) is 4.79 Å². The minimum absolute atomic E-state index is 0.0694. The SMILES string of the molecule is CCCCC=CCCCCCCCC(=O)O.OCCN(CCO)CCO. The van der Waals surface area contributed by atoms with Crippen LogP contribution in [0.25, 0.3) is 0 Å². The molecule has 0 unspecified atom stereocenters. The molecule has 0 atom stereocenters. The number of allylic oxidation sites excluding steroid dienone is 2. The molecule has 6 heteroatoms. The predicted molar refractivity (Wildman–Crippen MR) is 106 cm³/mol. The molecular weight excluding hydrogens is 334 g/mol. The van der Waals surface area contributed by atoms with Gasteiger partial charge in [-0.2, -0.15) is 0 Å². The van der Waals surface area contributed by atoms with E-state index in [1.54, 1.807) is 4.90 Å². The molecule has 0 radical (unpaired) electrons. The topological polar surface area (TPSA) is 101 Å². The third kappa shape index (κ3) is 25.3. The van der Waals surface area contributed by atoms with Crippen molar-refractivity contribution in [3.63, 3.8) is 0 Å². The van der Waals surface area contributed by atoms with Crippen LogP contribution in [0, 0.1) is 0 Å². The molecule has 0 aliphatic carbocycles. The van der Waals surface area contributed by atoms with Crippen LogP contribution < -0.4 is 0 Å². The van der Waals surface area contributed by atoms with Crippen LogP contribution in [-0.4, -0.2) is 70.8 Å². The first-order valence-electron chi connectivity index (χ1n) is 10.0. The Morgan fingerprint density at radius 2 is 1.23 bits per heavy atom. The zero-order valence-corrected chi connectivity index (χ0v) is 16.6. The van der Waals surface area contributed by atoms with Crippen molar-refractivity contribution in [3.8, 4) is 0 Å². The lowest BCUT2D eigenvalue weighted by molar-refractivity contribution is -0.137. The monoisotopic (exact) mass is 375 g/mol. The Kier molecular flexibility index (Phi) is 25.2. The van der Waals surface area contributed by atoms with Gasteiger partial charge >= 0.3 is 5.97 Å². The predicted octanol–water partition coefficient (Wildman–Crippen LogP) is 2.81. The summed E-state index contributed by atoms with van der Waals surface area (Å²) in [5, 5.41) is 33.9. The number of aliphatic hydroxyl groups is 3. The number of hydrogen-bond acceptors (Lipinski definition) is 5. The van der Waals surface area contributed by atoms with Gasteiger partial charge in [-0.3, -0.25) is 9.69 Å². The first-order chi connectivity index (χ1) is 12.6. The molecule has 0 heterocycles. The van der Waals surface area contributed by atoms with Crippen LogP contribution in [-0.2, 0) is 4.79 Å². The highest BCUT2D eigenvalue weighted by atomic mass is 16.4. The number of rotatable bonds is 17. The molecule has 0 amide bonds. The van der Waals surface area contributed by atoms with Crippen LogP contribution in [0.4, 0.5) is 0 Å². The van der Waals surface area contributed by atoms with Gasteiger partial charge in [-0.15, -0.1) is 0 Å². The standard InChI is InChI=1S/C14H26O2.C6H15NO3/c1-2-3-4-5-6-7-8-9-10-11-12-13-14(15)16;8-4-1-7(2-5-9)3-6-10/h5-6H,2-4,7-13H2,1H3,(H,15,16);8-10H,1-6H2. The first-order valence-corrected chi connectivity index (χ1v) is 10.0. The maximum absolute atomic E-state index is 10.3. The Hall–Kier alpha value is -0.950. The van der Waals surface area contributed by atoms with Crippen LogP contribution in [0.15, 0.2) is 12.2 Å². The fourth-order valence-electron chi connectivity index (χ4n) is 2.39. The van der Waals surface area contributed by atoms with E-state index in [1.165, 1.54) is 44.9 Å². The zero-order chi connectivity index (χ0) is 19.9. The average molecular weight is 376 g/mol. The number of unbranched alkanes of at least 4 members (excludes halogenated alkanes) is 7. The molecule has 0 aromatic rings. The van der Waals surface area contributed by atoms with Crippen LogP contribution in [0.3, 0.4) is 0 Å². The molecule has 0 spiro atoms. The second-order valence-electron chi connectivity index (χ2n) is 6.33. The Bertz CT molecular complexity index is 296. The van der Waals surface area contributed by atoms with Gasteiger partial charge in [0.15, 0.2) is 0 Å². The molecule has 0 saturated carbocycles. The summed E-state index contributed by atoms with van der Waals surface area (Å²) in [6, 6.07) is 0. The van der Waals surface area contributed by atoms with Crippen molar-refractivity contribution in [2.24, 2.45) is 0 Å². The summed E-state index contributed by atoms with van der Waals surface area (Å²) in [7, 11) is 0. The van der Waals surface area contributed by atoms with Gasteiger partial charge in [0.2, 0.25) is 0 Å². The summed E-state index contributed by atoms with van der Waals surface area (Å²) in [6.07, 6.45) is 15.4. The van der Waals surface area contributed by atoms with Crippen molar-refractivity contribution in [1.29, 1.82) is 0 Å². The molecule has 26 heavy (non-hydrogen) atoms. The number of hydrogen-bond donors (Lipinski definition) is 4. The lowest BCUT2D eigenvalue weighted by Gasteiger charge is -2.17. The molecule has 0 fully saturated rings. The Morgan fingerprint density at radius 3 is 1.69 bits per heavy atom. The van der Waals surface area contributed by atoms with Crippen molar-refractivity contribution in [3.05, 3.63) is 12.2 Å². The summed E-state index contributed by atoms with van der Waals surface area (Å²) in [4.78, 5) is 12.0. The van der Waals surface area contributed by atoms with E-state index in [0.717, 1.165) is 12.8 Å². The Labute approximate surface area is 159 Å². The highest BCUT2D eigenvalue weighted by Crippen LogP contribution is 2.08. The average Bonchev–Trinajstić information content (AvgIpc) is 2.61. The molecule has 0 bridgehead atoms. The summed E-state index contributed by atoms with van der Waals surface area (Å²) >= 11 is 0. The van der Waals surface area contributed by atoms with Crippen LogP contribution in [0.2, 0.25) is 0 Å². The number of carboxylic acid groups (broad SMARTS) is 1. The second-order valence-corrected chi connectivity index (χ2v) is 6.33. The maximum atomic E-state index is 10.3. The van der Waals surface area contributed by atoms with Gasteiger partial charge in [0, 0.05) is 26.1 Å². The highest BCUT2D eigenvalue weighted by Gasteiger charge is 2.00. The highest BCUT2D eigenvalue weighted by molar-refractivity contribution is 5.66. The van der Waals surface area contributed by atoms with Crippen molar-refractivity contribution >= 4 is 5.97 Å². The van der Waals surface area contributed by atoms with Gasteiger partial charge in [-0.25, -0.2) is 0 Å². The van der Waals surface area contributed by atoms with Gasteiger partial charge < -0.3 is 20.4 Å². The molecule has 0 aliphatic rings. The zero-order valence-electron chi connectivity index (χ0n) is 16.6. The molecular formula is C20H41NO5. The largest absolute Gasteiger partial charge is 0.481 e. The number of aliphatic hydroxyl groups excluding tert-OH is 3. The van der Waals surface area contributed by atoms with E-state index in [4.69, 9.17) is 20.4 Å². The van der Waals surface area contributed by atoms with Crippen molar-refractivity contribution in [1.82, 2.24) is 4.90 Å². The lowest BCUT2D eigenvalue weighted by atomic mass is 10.1. The number of nitrogens with zero attached hydrogens (tertiary/aromatic N) is 1. The summed E-state index contributed by atoms with van der Waals surface area (Å²) in [5.41, 5.74) is 0. The molecule has 6 nitrogen and oxygen atoms in total.